The molecule has 0 aliphatic carbocycles. The van der Waals surface area contributed by atoms with Gasteiger partial charge in [-0.2, -0.15) is 0 Å². The topological polar surface area (TPSA) is 61.4 Å². The summed E-state index contributed by atoms with van der Waals surface area (Å²) in [7, 11) is 0. The van der Waals surface area contributed by atoms with E-state index in [1.165, 1.54) is 13.3 Å². The molecular weight excluding hydrogens is 290 g/mol. The Balaban J connectivity index is 2.03. The average molecular weight is 317 g/mol. The van der Waals surface area contributed by atoms with E-state index in [9.17, 15) is 9.59 Å². The number of likely N-dealkylation sites (tertiary alicyclic amines) is 1. The van der Waals surface area contributed by atoms with Crippen LogP contribution in [0.4, 0.5) is 11.4 Å². The zero-order chi connectivity index (χ0) is 17.0. The summed E-state index contributed by atoms with van der Waals surface area (Å²) in [6, 6.07) is 6.42. The van der Waals surface area contributed by atoms with Gasteiger partial charge >= 0.3 is 0 Å². The molecule has 2 atom stereocenters. The molecule has 1 aromatic rings. The number of hydrogen-bond donors (Lipinski definition) is 2. The lowest BCUT2D eigenvalue weighted by atomic mass is 9.97. The fourth-order valence-electron chi connectivity index (χ4n) is 3.18. The first-order chi connectivity index (χ1) is 10.9. The van der Waals surface area contributed by atoms with Crippen LogP contribution in [0.1, 0.15) is 45.6 Å². The summed E-state index contributed by atoms with van der Waals surface area (Å²) in [4.78, 5) is 25.8. The van der Waals surface area contributed by atoms with Crippen molar-refractivity contribution in [2.75, 3.05) is 17.2 Å². The Morgan fingerprint density at radius 2 is 1.83 bits per heavy atom. The van der Waals surface area contributed by atoms with E-state index >= 15 is 0 Å². The lowest BCUT2D eigenvalue weighted by molar-refractivity contribution is -0.119. The van der Waals surface area contributed by atoms with Crippen molar-refractivity contribution in [1.29, 1.82) is 0 Å². The molecule has 2 rings (SSSR count). The van der Waals surface area contributed by atoms with Crippen molar-refractivity contribution in [3.63, 3.8) is 0 Å². The van der Waals surface area contributed by atoms with Crippen molar-refractivity contribution in [3.8, 4) is 0 Å². The van der Waals surface area contributed by atoms with Crippen molar-refractivity contribution in [3.05, 3.63) is 23.8 Å². The molecule has 5 nitrogen and oxygen atoms in total. The molecule has 1 fully saturated rings. The van der Waals surface area contributed by atoms with Crippen LogP contribution in [0.5, 0.6) is 0 Å². The SMILES string of the molecule is CC(=O)Nc1ccc(C)c(NC(=O)CN2[C@@H](C)CCC[C@@H]2C)c1. The van der Waals surface area contributed by atoms with Crippen LogP contribution in [0.15, 0.2) is 18.2 Å². The lowest BCUT2D eigenvalue weighted by Gasteiger charge is -2.38. The van der Waals surface area contributed by atoms with Crippen molar-refractivity contribution < 1.29 is 9.59 Å². The van der Waals surface area contributed by atoms with Crippen LogP contribution < -0.4 is 10.6 Å². The van der Waals surface area contributed by atoms with Gasteiger partial charge in [0.1, 0.15) is 0 Å². The van der Waals surface area contributed by atoms with Gasteiger partial charge in [0.25, 0.3) is 0 Å². The number of piperidine rings is 1. The lowest BCUT2D eigenvalue weighted by Crippen LogP contribution is -2.47. The van der Waals surface area contributed by atoms with E-state index in [4.69, 9.17) is 0 Å². The number of hydrogen-bond acceptors (Lipinski definition) is 3. The van der Waals surface area contributed by atoms with E-state index in [-0.39, 0.29) is 11.8 Å². The molecule has 0 aromatic heterocycles. The minimum atomic E-state index is -0.123. The highest BCUT2D eigenvalue weighted by Gasteiger charge is 2.26. The summed E-state index contributed by atoms with van der Waals surface area (Å²) < 4.78 is 0. The van der Waals surface area contributed by atoms with Gasteiger partial charge in [-0.25, -0.2) is 0 Å². The number of carbonyl (C=O) groups excluding carboxylic acids is 2. The number of nitrogens with one attached hydrogen (secondary N) is 2. The Labute approximate surface area is 138 Å². The molecule has 1 aliphatic rings. The van der Waals surface area contributed by atoms with E-state index in [1.807, 2.05) is 19.1 Å². The number of amides is 2. The molecule has 1 aliphatic heterocycles. The number of aryl methyl sites for hydroxylation is 1. The number of anilines is 2. The molecule has 1 saturated heterocycles. The minimum absolute atomic E-state index is 0.00586. The predicted octanol–water partition coefficient (Wildman–Crippen LogP) is 3.15. The molecule has 23 heavy (non-hydrogen) atoms. The Hall–Kier alpha value is -1.88. The smallest absolute Gasteiger partial charge is 0.238 e. The molecule has 5 heteroatoms. The van der Waals surface area contributed by atoms with Crippen molar-refractivity contribution in [2.24, 2.45) is 0 Å². The standard InChI is InChI=1S/C18H27N3O2/c1-12-8-9-16(19-15(4)22)10-17(12)20-18(23)11-21-13(2)6-5-7-14(21)3/h8-10,13-14H,5-7,11H2,1-4H3,(H,19,22)(H,20,23)/t13-,14-/m0/s1. The number of nitrogens with zero attached hydrogens (tertiary/aromatic N) is 1. The molecular formula is C18H27N3O2. The quantitative estimate of drug-likeness (QED) is 0.897. The Morgan fingerprint density at radius 3 is 2.43 bits per heavy atom. The maximum atomic E-state index is 12.4. The Morgan fingerprint density at radius 1 is 1.17 bits per heavy atom. The second kappa shape index (κ2) is 7.59. The zero-order valence-electron chi connectivity index (χ0n) is 14.5. The van der Waals surface area contributed by atoms with Crippen molar-refractivity contribution >= 4 is 23.2 Å². The van der Waals surface area contributed by atoms with Gasteiger partial charge in [0.2, 0.25) is 11.8 Å². The Bertz CT molecular complexity index is 576. The number of rotatable bonds is 4. The third-order valence-corrected chi connectivity index (χ3v) is 4.53. The zero-order valence-corrected chi connectivity index (χ0v) is 14.5. The summed E-state index contributed by atoms with van der Waals surface area (Å²) in [5.74, 6) is -0.129. The third-order valence-electron chi connectivity index (χ3n) is 4.53. The van der Waals surface area contributed by atoms with Crippen LogP contribution in [0.2, 0.25) is 0 Å². The van der Waals surface area contributed by atoms with E-state index in [0.29, 0.717) is 24.3 Å². The molecule has 2 amide bonds. The van der Waals surface area contributed by atoms with E-state index < -0.39 is 0 Å². The molecule has 0 unspecified atom stereocenters. The van der Waals surface area contributed by atoms with Gasteiger partial charge in [-0.15, -0.1) is 0 Å². The summed E-state index contributed by atoms with van der Waals surface area (Å²) in [5, 5.41) is 5.72. The first kappa shape index (κ1) is 17.5. The minimum Gasteiger partial charge on any atom is -0.326 e. The van der Waals surface area contributed by atoms with Gasteiger partial charge in [0.15, 0.2) is 0 Å². The summed E-state index contributed by atoms with van der Waals surface area (Å²) in [6.45, 7) is 8.19. The largest absolute Gasteiger partial charge is 0.326 e. The van der Waals surface area contributed by atoms with Gasteiger partial charge in [-0.3, -0.25) is 14.5 Å². The second-order valence-electron chi connectivity index (χ2n) is 6.56. The molecule has 0 spiro atoms. The van der Waals surface area contributed by atoms with Gasteiger partial charge in [0, 0.05) is 30.4 Å². The van der Waals surface area contributed by atoms with Crippen LogP contribution in [-0.2, 0) is 9.59 Å². The Kier molecular flexibility index (Phi) is 5.77. The fourth-order valence-corrected chi connectivity index (χ4v) is 3.18. The molecule has 126 valence electrons. The van der Waals surface area contributed by atoms with E-state index in [2.05, 4.69) is 29.4 Å². The van der Waals surface area contributed by atoms with Gasteiger partial charge in [-0.1, -0.05) is 12.5 Å². The van der Waals surface area contributed by atoms with E-state index in [1.54, 1.807) is 6.07 Å². The normalized spacial score (nSPS) is 21.7. The highest BCUT2D eigenvalue weighted by molar-refractivity contribution is 5.95. The van der Waals surface area contributed by atoms with Crippen molar-refractivity contribution in [1.82, 2.24) is 4.90 Å². The van der Waals surface area contributed by atoms with Crippen LogP contribution in [0, 0.1) is 6.92 Å². The maximum absolute atomic E-state index is 12.4. The first-order valence-corrected chi connectivity index (χ1v) is 8.30. The molecule has 0 bridgehead atoms. The van der Waals surface area contributed by atoms with Crippen LogP contribution in [0.3, 0.4) is 0 Å². The van der Waals surface area contributed by atoms with Gasteiger partial charge in [0.05, 0.1) is 6.54 Å². The number of carbonyl (C=O) groups is 2. The van der Waals surface area contributed by atoms with Gasteiger partial charge in [-0.05, 0) is 51.3 Å². The molecule has 0 radical (unpaired) electrons. The van der Waals surface area contributed by atoms with Gasteiger partial charge < -0.3 is 10.6 Å². The van der Waals surface area contributed by atoms with Crippen LogP contribution >= 0.6 is 0 Å². The van der Waals surface area contributed by atoms with Crippen LogP contribution in [0.25, 0.3) is 0 Å². The molecule has 2 N–H and O–H groups in total. The predicted molar refractivity (Wildman–Crippen MR) is 93.6 cm³/mol. The summed E-state index contributed by atoms with van der Waals surface area (Å²) >= 11 is 0. The highest BCUT2D eigenvalue weighted by atomic mass is 16.2. The van der Waals surface area contributed by atoms with Crippen LogP contribution in [-0.4, -0.2) is 35.3 Å². The molecule has 1 heterocycles. The summed E-state index contributed by atoms with van der Waals surface area (Å²) in [5.41, 5.74) is 2.42. The average Bonchev–Trinajstić information content (AvgIpc) is 2.46. The highest BCUT2D eigenvalue weighted by Crippen LogP contribution is 2.23. The van der Waals surface area contributed by atoms with E-state index in [0.717, 1.165) is 24.1 Å². The first-order valence-electron chi connectivity index (χ1n) is 8.30. The monoisotopic (exact) mass is 317 g/mol. The second-order valence-corrected chi connectivity index (χ2v) is 6.56. The number of benzene rings is 1. The maximum Gasteiger partial charge on any atom is 0.238 e. The third kappa shape index (κ3) is 4.79. The molecule has 0 saturated carbocycles. The molecule has 1 aromatic carbocycles. The fraction of sp³-hybridized carbons (Fsp3) is 0.556. The van der Waals surface area contributed by atoms with Crippen molar-refractivity contribution in [2.45, 2.75) is 59.0 Å². The summed E-state index contributed by atoms with van der Waals surface area (Å²) in [6.07, 6.45) is 3.53.